The van der Waals surface area contributed by atoms with E-state index in [1.807, 2.05) is 0 Å². The maximum Gasteiger partial charge on any atom is 0.335 e. The minimum absolute atomic E-state index is 0.0979. The standard InChI is InChI=1S/C13H16N2O6/c1-13(2,3)21-12(18)10(14)8-5-4-7(11(16)17)6-9(8)15(19)20/h4-6,10H,14H2,1-3H3,(H,16,17). The summed E-state index contributed by atoms with van der Waals surface area (Å²) in [6, 6.07) is 1.79. The molecule has 0 radical (unpaired) electrons. The van der Waals surface area contributed by atoms with E-state index in [2.05, 4.69) is 0 Å². The zero-order chi connectivity index (χ0) is 16.4. The molecule has 1 rings (SSSR count). The van der Waals surface area contributed by atoms with Crippen molar-refractivity contribution in [2.45, 2.75) is 32.4 Å². The molecule has 1 atom stereocenters. The summed E-state index contributed by atoms with van der Waals surface area (Å²) in [4.78, 5) is 32.9. The van der Waals surface area contributed by atoms with Gasteiger partial charge < -0.3 is 15.6 Å². The van der Waals surface area contributed by atoms with E-state index in [4.69, 9.17) is 15.6 Å². The van der Waals surface area contributed by atoms with E-state index in [0.717, 1.165) is 18.2 Å². The second-order valence-corrected chi connectivity index (χ2v) is 5.35. The fourth-order valence-electron chi connectivity index (χ4n) is 1.59. The number of benzene rings is 1. The third kappa shape index (κ3) is 4.25. The molecule has 1 aromatic carbocycles. The number of carbonyl (C=O) groups is 2. The van der Waals surface area contributed by atoms with Crippen LogP contribution in [0.3, 0.4) is 0 Å². The average molecular weight is 296 g/mol. The highest BCUT2D eigenvalue weighted by Gasteiger charge is 2.29. The highest BCUT2D eigenvalue weighted by atomic mass is 16.6. The maximum absolute atomic E-state index is 11.9. The number of carboxylic acids is 1. The Balaban J connectivity index is 3.20. The molecular formula is C13H16N2O6. The number of rotatable bonds is 4. The Bertz CT molecular complexity index is 591. The molecule has 21 heavy (non-hydrogen) atoms. The minimum atomic E-state index is -1.37. The molecule has 0 aliphatic heterocycles. The Morgan fingerprint density at radius 3 is 2.38 bits per heavy atom. The number of hydrogen-bond acceptors (Lipinski definition) is 6. The van der Waals surface area contributed by atoms with Crippen LogP contribution >= 0.6 is 0 Å². The average Bonchev–Trinajstić information content (AvgIpc) is 2.34. The molecule has 0 amide bonds. The molecular weight excluding hydrogens is 280 g/mol. The van der Waals surface area contributed by atoms with E-state index in [9.17, 15) is 19.7 Å². The lowest BCUT2D eigenvalue weighted by Crippen LogP contribution is -2.32. The summed E-state index contributed by atoms with van der Waals surface area (Å²) in [6.07, 6.45) is 0. The lowest BCUT2D eigenvalue weighted by atomic mass is 10.0. The molecule has 0 aliphatic carbocycles. The molecule has 1 unspecified atom stereocenters. The van der Waals surface area contributed by atoms with Crippen molar-refractivity contribution < 1.29 is 24.4 Å². The van der Waals surface area contributed by atoms with Crippen molar-refractivity contribution in [3.63, 3.8) is 0 Å². The van der Waals surface area contributed by atoms with Gasteiger partial charge in [-0.15, -0.1) is 0 Å². The van der Waals surface area contributed by atoms with Gasteiger partial charge in [0.2, 0.25) is 0 Å². The van der Waals surface area contributed by atoms with E-state index in [1.165, 1.54) is 0 Å². The van der Waals surface area contributed by atoms with Crippen molar-refractivity contribution in [2.75, 3.05) is 0 Å². The van der Waals surface area contributed by atoms with E-state index in [0.29, 0.717) is 0 Å². The molecule has 0 aromatic heterocycles. The molecule has 1 aromatic rings. The van der Waals surface area contributed by atoms with Gasteiger partial charge in [-0.1, -0.05) is 0 Å². The summed E-state index contributed by atoms with van der Waals surface area (Å²) in [6.45, 7) is 4.92. The van der Waals surface area contributed by atoms with Crippen LogP contribution in [0.1, 0.15) is 42.7 Å². The number of ether oxygens (including phenoxy) is 1. The summed E-state index contributed by atoms with van der Waals surface area (Å²) in [5.74, 6) is -2.14. The van der Waals surface area contributed by atoms with Crippen LogP contribution in [0, 0.1) is 10.1 Å². The predicted molar refractivity (Wildman–Crippen MR) is 72.8 cm³/mol. The number of carboxylic acid groups (broad SMARTS) is 1. The second kappa shape index (κ2) is 5.88. The smallest absolute Gasteiger partial charge is 0.335 e. The highest BCUT2D eigenvalue weighted by Crippen LogP contribution is 2.27. The Kier molecular flexibility index (Phi) is 4.64. The van der Waals surface area contributed by atoms with Crippen molar-refractivity contribution in [2.24, 2.45) is 5.73 Å². The summed E-state index contributed by atoms with van der Waals surface area (Å²) >= 11 is 0. The number of nitrogens with two attached hydrogens (primary N) is 1. The lowest BCUT2D eigenvalue weighted by Gasteiger charge is -2.22. The first-order valence-electron chi connectivity index (χ1n) is 6.03. The summed E-state index contributed by atoms with van der Waals surface area (Å²) in [7, 11) is 0. The first-order valence-corrected chi connectivity index (χ1v) is 6.03. The number of hydrogen-bond donors (Lipinski definition) is 2. The second-order valence-electron chi connectivity index (χ2n) is 5.35. The predicted octanol–water partition coefficient (Wildman–Crippen LogP) is 1.63. The topological polar surface area (TPSA) is 133 Å². The fourth-order valence-corrected chi connectivity index (χ4v) is 1.59. The zero-order valence-corrected chi connectivity index (χ0v) is 11.8. The third-order valence-electron chi connectivity index (χ3n) is 2.47. The minimum Gasteiger partial charge on any atom is -0.478 e. The number of nitro groups is 1. The number of carbonyl (C=O) groups excluding carboxylic acids is 1. The van der Waals surface area contributed by atoms with Crippen LogP contribution in [0.2, 0.25) is 0 Å². The van der Waals surface area contributed by atoms with E-state index >= 15 is 0 Å². The third-order valence-corrected chi connectivity index (χ3v) is 2.47. The van der Waals surface area contributed by atoms with Gasteiger partial charge in [-0.25, -0.2) is 9.59 Å². The van der Waals surface area contributed by atoms with Crippen molar-refractivity contribution in [3.8, 4) is 0 Å². The fraction of sp³-hybridized carbons (Fsp3) is 0.385. The van der Waals surface area contributed by atoms with Crippen LogP contribution in [0.25, 0.3) is 0 Å². The number of nitrogens with zero attached hydrogens (tertiary/aromatic N) is 1. The van der Waals surface area contributed by atoms with Gasteiger partial charge in [0.1, 0.15) is 11.6 Å². The molecule has 0 bridgehead atoms. The van der Waals surface area contributed by atoms with Crippen LogP contribution < -0.4 is 5.73 Å². The SMILES string of the molecule is CC(C)(C)OC(=O)C(N)c1ccc(C(=O)O)cc1[N+](=O)[O-]. The van der Waals surface area contributed by atoms with Crippen LogP contribution in [-0.2, 0) is 9.53 Å². The first kappa shape index (κ1) is 16.6. The Morgan fingerprint density at radius 1 is 1.38 bits per heavy atom. The normalized spacial score (nSPS) is 12.6. The van der Waals surface area contributed by atoms with Crippen molar-refractivity contribution in [1.82, 2.24) is 0 Å². The van der Waals surface area contributed by atoms with Gasteiger partial charge in [0.25, 0.3) is 5.69 Å². The Hall–Kier alpha value is -2.48. The maximum atomic E-state index is 11.9. The van der Waals surface area contributed by atoms with E-state index in [-0.39, 0.29) is 11.1 Å². The van der Waals surface area contributed by atoms with Gasteiger partial charge in [0.05, 0.1) is 16.1 Å². The van der Waals surface area contributed by atoms with Crippen molar-refractivity contribution in [3.05, 3.63) is 39.4 Å². The molecule has 0 saturated carbocycles. The van der Waals surface area contributed by atoms with Gasteiger partial charge in [-0.3, -0.25) is 10.1 Å². The van der Waals surface area contributed by atoms with Crippen molar-refractivity contribution >= 4 is 17.6 Å². The van der Waals surface area contributed by atoms with E-state index < -0.39 is 34.2 Å². The van der Waals surface area contributed by atoms with Crippen LogP contribution in [0.15, 0.2) is 18.2 Å². The van der Waals surface area contributed by atoms with Gasteiger partial charge in [0.15, 0.2) is 0 Å². The molecule has 0 saturated heterocycles. The summed E-state index contributed by atoms with van der Waals surface area (Å²) in [5, 5.41) is 19.9. The summed E-state index contributed by atoms with van der Waals surface area (Å²) in [5.41, 5.74) is 4.00. The number of esters is 1. The van der Waals surface area contributed by atoms with Gasteiger partial charge >= 0.3 is 11.9 Å². The van der Waals surface area contributed by atoms with Crippen LogP contribution in [0.4, 0.5) is 5.69 Å². The van der Waals surface area contributed by atoms with Crippen molar-refractivity contribution in [1.29, 1.82) is 0 Å². The largest absolute Gasteiger partial charge is 0.478 e. The molecule has 8 heteroatoms. The van der Waals surface area contributed by atoms with Gasteiger partial charge in [-0.2, -0.15) is 0 Å². The summed E-state index contributed by atoms with van der Waals surface area (Å²) < 4.78 is 5.06. The number of aromatic carboxylic acids is 1. The molecule has 0 fully saturated rings. The van der Waals surface area contributed by atoms with Gasteiger partial charge in [0, 0.05) is 6.07 Å². The van der Waals surface area contributed by atoms with Crippen LogP contribution in [0.5, 0.6) is 0 Å². The lowest BCUT2D eigenvalue weighted by molar-refractivity contribution is -0.385. The zero-order valence-electron chi connectivity index (χ0n) is 11.8. The molecule has 3 N–H and O–H groups in total. The first-order chi connectivity index (χ1) is 9.53. The van der Waals surface area contributed by atoms with Gasteiger partial charge in [-0.05, 0) is 32.9 Å². The van der Waals surface area contributed by atoms with E-state index in [1.54, 1.807) is 20.8 Å². The number of nitro benzene ring substituents is 1. The highest BCUT2D eigenvalue weighted by molar-refractivity contribution is 5.89. The quantitative estimate of drug-likeness (QED) is 0.490. The molecule has 8 nitrogen and oxygen atoms in total. The van der Waals surface area contributed by atoms with Crippen LogP contribution in [-0.4, -0.2) is 27.6 Å². The Morgan fingerprint density at radius 2 is 1.95 bits per heavy atom. The molecule has 0 spiro atoms. The Labute approximate surface area is 120 Å². The molecule has 0 aliphatic rings. The molecule has 0 heterocycles. The molecule has 114 valence electrons. The monoisotopic (exact) mass is 296 g/mol.